The number of aromatic nitrogens is 2. The zero-order valence-electron chi connectivity index (χ0n) is 14.7. The molecule has 3 aromatic rings. The van der Waals surface area contributed by atoms with E-state index in [1.54, 1.807) is 42.5 Å². The number of hydrogen-bond donors (Lipinski definition) is 1. The Bertz CT molecular complexity index is 1000. The van der Waals surface area contributed by atoms with Crippen molar-refractivity contribution in [2.24, 2.45) is 0 Å². The van der Waals surface area contributed by atoms with E-state index < -0.39 is 0 Å². The van der Waals surface area contributed by atoms with Crippen LogP contribution in [0.1, 0.15) is 10.4 Å². The van der Waals surface area contributed by atoms with Gasteiger partial charge in [-0.2, -0.15) is 5.10 Å². The largest absolute Gasteiger partial charge is 0.496 e. The molecule has 7 heteroatoms. The lowest BCUT2D eigenvalue weighted by atomic mass is 10.1. The Kier molecular flexibility index (Phi) is 5.88. The monoisotopic (exact) mass is 383 g/mol. The lowest BCUT2D eigenvalue weighted by molar-refractivity contribution is 0.0948. The van der Waals surface area contributed by atoms with Crippen LogP contribution in [-0.4, -0.2) is 29.3 Å². The van der Waals surface area contributed by atoms with Crippen LogP contribution in [0.5, 0.6) is 5.75 Å². The number of carbonyl (C=O) groups excluding carboxylic acids is 1. The molecule has 0 aliphatic carbocycles. The highest BCUT2D eigenvalue weighted by atomic mass is 35.5. The molecule has 0 bridgehead atoms. The quantitative estimate of drug-likeness (QED) is 0.710. The van der Waals surface area contributed by atoms with Crippen LogP contribution in [0.15, 0.2) is 65.5 Å². The molecule has 3 rings (SSSR count). The van der Waals surface area contributed by atoms with E-state index in [9.17, 15) is 9.59 Å². The number of nitrogens with zero attached hydrogens (tertiary/aromatic N) is 2. The minimum atomic E-state index is -0.269. The highest BCUT2D eigenvalue weighted by molar-refractivity contribution is 6.30. The maximum absolute atomic E-state index is 12.3. The summed E-state index contributed by atoms with van der Waals surface area (Å²) in [5, 5.41) is 7.77. The molecule has 1 heterocycles. The van der Waals surface area contributed by atoms with E-state index in [-0.39, 0.29) is 24.6 Å². The minimum absolute atomic E-state index is 0.237. The minimum Gasteiger partial charge on any atom is -0.496 e. The zero-order valence-corrected chi connectivity index (χ0v) is 15.4. The van der Waals surface area contributed by atoms with Gasteiger partial charge in [0.15, 0.2) is 0 Å². The predicted molar refractivity (Wildman–Crippen MR) is 104 cm³/mol. The Morgan fingerprint density at radius 3 is 2.59 bits per heavy atom. The topological polar surface area (TPSA) is 73.2 Å². The fourth-order valence-corrected chi connectivity index (χ4v) is 2.71. The third-order valence-corrected chi connectivity index (χ3v) is 4.22. The summed E-state index contributed by atoms with van der Waals surface area (Å²) in [6, 6.07) is 17.3. The second kappa shape index (κ2) is 8.51. The molecule has 0 saturated heterocycles. The van der Waals surface area contributed by atoms with E-state index >= 15 is 0 Å². The van der Waals surface area contributed by atoms with Crippen LogP contribution in [0.3, 0.4) is 0 Å². The van der Waals surface area contributed by atoms with E-state index in [0.29, 0.717) is 22.0 Å². The molecule has 2 aromatic carbocycles. The Morgan fingerprint density at radius 1 is 1.11 bits per heavy atom. The van der Waals surface area contributed by atoms with Gasteiger partial charge < -0.3 is 10.1 Å². The van der Waals surface area contributed by atoms with Gasteiger partial charge in [0.05, 0.1) is 24.9 Å². The summed E-state index contributed by atoms with van der Waals surface area (Å²) in [4.78, 5) is 24.4. The average molecular weight is 384 g/mol. The van der Waals surface area contributed by atoms with E-state index in [2.05, 4.69) is 10.4 Å². The summed E-state index contributed by atoms with van der Waals surface area (Å²) >= 11 is 5.90. The predicted octanol–water partition coefficient (Wildman–Crippen LogP) is 3.00. The van der Waals surface area contributed by atoms with Crippen LogP contribution in [-0.2, 0) is 6.54 Å². The molecule has 0 aliphatic heterocycles. The lowest BCUT2D eigenvalue weighted by Crippen LogP contribution is -2.32. The summed E-state index contributed by atoms with van der Waals surface area (Å²) in [6.45, 7) is 0.509. The van der Waals surface area contributed by atoms with Crippen LogP contribution < -0.4 is 15.6 Å². The van der Waals surface area contributed by atoms with Crippen molar-refractivity contribution in [3.05, 3.63) is 81.6 Å². The number of methoxy groups -OCH3 is 1. The average Bonchev–Trinajstić information content (AvgIpc) is 2.70. The molecule has 0 fully saturated rings. The second-order valence-corrected chi connectivity index (χ2v) is 6.18. The Balaban J connectivity index is 1.69. The third kappa shape index (κ3) is 4.54. The molecular formula is C20H18ClN3O3. The number of carbonyl (C=O) groups is 1. The Labute approximate surface area is 161 Å². The van der Waals surface area contributed by atoms with Crippen molar-refractivity contribution in [2.45, 2.75) is 6.54 Å². The number of hydrogen-bond acceptors (Lipinski definition) is 4. The maximum atomic E-state index is 12.3. The van der Waals surface area contributed by atoms with Gasteiger partial charge in [-0.05, 0) is 30.3 Å². The molecule has 27 heavy (non-hydrogen) atoms. The summed E-state index contributed by atoms with van der Waals surface area (Å²) in [6.07, 6.45) is 0. The van der Waals surface area contributed by atoms with Gasteiger partial charge in [-0.25, -0.2) is 4.68 Å². The summed E-state index contributed by atoms with van der Waals surface area (Å²) in [7, 11) is 1.51. The summed E-state index contributed by atoms with van der Waals surface area (Å²) in [5.41, 5.74) is 1.71. The smallest absolute Gasteiger partial charge is 0.266 e. The molecule has 0 radical (unpaired) electrons. The highest BCUT2D eigenvalue weighted by Gasteiger charge is 2.11. The SMILES string of the molecule is COc1ccccc1C(=O)NCCn1nc(-c2ccc(Cl)cc2)ccc1=O. The molecule has 138 valence electrons. The first-order valence-electron chi connectivity index (χ1n) is 8.34. The van der Waals surface area contributed by atoms with Crippen molar-refractivity contribution in [1.82, 2.24) is 15.1 Å². The van der Waals surface area contributed by atoms with Gasteiger partial charge in [-0.3, -0.25) is 9.59 Å². The van der Waals surface area contributed by atoms with Gasteiger partial charge >= 0.3 is 0 Å². The molecule has 0 unspecified atom stereocenters. The first kappa shape index (κ1) is 18.7. The number of para-hydroxylation sites is 1. The van der Waals surface area contributed by atoms with Crippen molar-refractivity contribution in [1.29, 1.82) is 0 Å². The summed E-state index contributed by atoms with van der Waals surface area (Å²) in [5.74, 6) is 0.226. The number of ether oxygens (including phenoxy) is 1. The first-order valence-corrected chi connectivity index (χ1v) is 8.71. The number of rotatable bonds is 6. The zero-order chi connectivity index (χ0) is 19.2. The lowest BCUT2D eigenvalue weighted by Gasteiger charge is -2.10. The van der Waals surface area contributed by atoms with Gasteiger partial charge in [0.25, 0.3) is 11.5 Å². The Morgan fingerprint density at radius 2 is 1.85 bits per heavy atom. The van der Waals surface area contributed by atoms with Gasteiger partial charge in [-0.15, -0.1) is 0 Å². The van der Waals surface area contributed by atoms with E-state index in [1.165, 1.54) is 17.9 Å². The second-order valence-electron chi connectivity index (χ2n) is 5.74. The van der Waals surface area contributed by atoms with Gasteiger partial charge in [0.2, 0.25) is 0 Å². The molecule has 0 aliphatic rings. The maximum Gasteiger partial charge on any atom is 0.266 e. The molecule has 0 saturated carbocycles. The van der Waals surface area contributed by atoms with Crippen molar-refractivity contribution in [2.75, 3.05) is 13.7 Å². The molecule has 1 aromatic heterocycles. The fraction of sp³-hybridized carbons (Fsp3) is 0.150. The standard InChI is InChI=1S/C20H18ClN3O3/c1-27-18-5-3-2-4-16(18)20(26)22-12-13-24-19(25)11-10-17(23-24)14-6-8-15(21)9-7-14/h2-11H,12-13H2,1H3,(H,22,26). The van der Waals surface area contributed by atoms with Gasteiger partial charge in [-0.1, -0.05) is 35.9 Å². The molecule has 1 amide bonds. The fourth-order valence-electron chi connectivity index (χ4n) is 2.59. The molecule has 6 nitrogen and oxygen atoms in total. The van der Waals surface area contributed by atoms with E-state index in [1.807, 2.05) is 12.1 Å². The summed E-state index contributed by atoms with van der Waals surface area (Å²) < 4.78 is 6.51. The van der Waals surface area contributed by atoms with Crippen molar-refractivity contribution in [3.8, 4) is 17.0 Å². The van der Waals surface area contributed by atoms with Gasteiger partial charge in [0, 0.05) is 23.2 Å². The van der Waals surface area contributed by atoms with E-state index in [4.69, 9.17) is 16.3 Å². The molecule has 0 atom stereocenters. The molecular weight excluding hydrogens is 366 g/mol. The number of nitrogens with one attached hydrogen (secondary N) is 1. The van der Waals surface area contributed by atoms with Crippen molar-refractivity contribution < 1.29 is 9.53 Å². The van der Waals surface area contributed by atoms with E-state index in [0.717, 1.165) is 5.56 Å². The Hall–Kier alpha value is -3.12. The third-order valence-electron chi connectivity index (χ3n) is 3.97. The number of benzene rings is 2. The van der Waals surface area contributed by atoms with Gasteiger partial charge in [0.1, 0.15) is 5.75 Å². The number of amides is 1. The van der Waals surface area contributed by atoms with Crippen molar-refractivity contribution in [3.63, 3.8) is 0 Å². The molecule has 1 N–H and O–H groups in total. The van der Waals surface area contributed by atoms with Crippen molar-refractivity contribution >= 4 is 17.5 Å². The normalized spacial score (nSPS) is 10.4. The first-order chi connectivity index (χ1) is 13.1. The van der Waals surface area contributed by atoms with Crippen LogP contribution in [0.2, 0.25) is 5.02 Å². The highest BCUT2D eigenvalue weighted by Crippen LogP contribution is 2.18. The van der Waals surface area contributed by atoms with Crippen LogP contribution in [0.4, 0.5) is 0 Å². The number of halogens is 1. The van der Waals surface area contributed by atoms with Crippen LogP contribution in [0, 0.1) is 0 Å². The molecule has 0 spiro atoms. The van der Waals surface area contributed by atoms with Crippen LogP contribution in [0.25, 0.3) is 11.3 Å². The van der Waals surface area contributed by atoms with Crippen LogP contribution >= 0.6 is 11.6 Å².